The van der Waals surface area contributed by atoms with E-state index in [0.717, 1.165) is 35.5 Å². The van der Waals surface area contributed by atoms with Gasteiger partial charge in [0.25, 0.3) is 0 Å². The van der Waals surface area contributed by atoms with Gasteiger partial charge in [-0.3, -0.25) is 0 Å². The predicted octanol–water partition coefficient (Wildman–Crippen LogP) is 3.03. The largest absolute Gasteiger partial charge is 0.504 e. The van der Waals surface area contributed by atoms with Gasteiger partial charge in [0.2, 0.25) is 0 Å². The highest BCUT2D eigenvalue weighted by Gasteiger charge is 2.02. The van der Waals surface area contributed by atoms with Crippen LogP contribution in [-0.4, -0.2) is 31.9 Å². The lowest BCUT2D eigenvalue weighted by molar-refractivity contribution is 0.403. The van der Waals surface area contributed by atoms with E-state index in [1.54, 1.807) is 36.0 Å². The molecule has 0 bridgehead atoms. The van der Waals surface area contributed by atoms with Crippen molar-refractivity contribution < 1.29 is 20.4 Å². The molecule has 4 N–H and O–H groups in total. The van der Waals surface area contributed by atoms with E-state index < -0.39 is 0 Å². The second kappa shape index (κ2) is 7.13. The SMILES string of the molecule is Oc1ccc(CCSCCc2ccc(O)c(O)c2)cc1O. The van der Waals surface area contributed by atoms with Gasteiger partial charge in [-0.15, -0.1) is 0 Å². The average Bonchev–Trinajstić information content (AvgIpc) is 2.46. The molecule has 0 aliphatic heterocycles. The monoisotopic (exact) mass is 306 g/mol. The van der Waals surface area contributed by atoms with Gasteiger partial charge >= 0.3 is 0 Å². The van der Waals surface area contributed by atoms with Crippen LogP contribution in [0.2, 0.25) is 0 Å². The number of thioether (sulfide) groups is 1. The zero-order valence-corrected chi connectivity index (χ0v) is 12.3. The number of phenols is 4. The maximum Gasteiger partial charge on any atom is 0.157 e. The Balaban J connectivity index is 1.72. The molecule has 4 nitrogen and oxygen atoms in total. The van der Waals surface area contributed by atoms with Gasteiger partial charge < -0.3 is 20.4 Å². The van der Waals surface area contributed by atoms with E-state index in [1.165, 1.54) is 12.1 Å². The quantitative estimate of drug-likeness (QED) is 0.487. The lowest BCUT2D eigenvalue weighted by Gasteiger charge is -2.05. The molecule has 2 aromatic carbocycles. The summed E-state index contributed by atoms with van der Waals surface area (Å²) in [7, 11) is 0. The molecular weight excluding hydrogens is 288 g/mol. The fourth-order valence-electron chi connectivity index (χ4n) is 1.93. The summed E-state index contributed by atoms with van der Waals surface area (Å²) < 4.78 is 0. The predicted molar refractivity (Wildman–Crippen MR) is 84.3 cm³/mol. The first-order chi connectivity index (χ1) is 10.1. The molecule has 0 amide bonds. The van der Waals surface area contributed by atoms with Crippen LogP contribution in [0.25, 0.3) is 0 Å². The van der Waals surface area contributed by atoms with Gasteiger partial charge in [0.05, 0.1) is 0 Å². The van der Waals surface area contributed by atoms with Gasteiger partial charge in [-0.2, -0.15) is 11.8 Å². The fraction of sp³-hybridized carbons (Fsp3) is 0.250. The molecule has 0 unspecified atom stereocenters. The van der Waals surface area contributed by atoms with Crippen molar-refractivity contribution in [2.24, 2.45) is 0 Å². The van der Waals surface area contributed by atoms with Crippen LogP contribution in [0.15, 0.2) is 36.4 Å². The van der Waals surface area contributed by atoms with Crippen LogP contribution in [0, 0.1) is 0 Å². The maximum absolute atomic E-state index is 9.40. The lowest BCUT2D eigenvalue weighted by Crippen LogP contribution is -1.93. The summed E-state index contributed by atoms with van der Waals surface area (Å²) in [5.74, 6) is 1.45. The summed E-state index contributed by atoms with van der Waals surface area (Å²) in [6.07, 6.45) is 1.64. The molecule has 112 valence electrons. The van der Waals surface area contributed by atoms with Gasteiger partial charge in [-0.05, 0) is 59.7 Å². The molecule has 0 aromatic heterocycles. The summed E-state index contributed by atoms with van der Waals surface area (Å²) in [5, 5.41) is 37.3. The van der Waals surface area contributed by atoms with Crippen molar-refractivity contribution in [3.63, 3.8) is 0 Å². The molecule has 0 aliphatic carbocycles. The number of aryl methyl sites for hydroxylation is 2. The van der Waals surface area contributed by atoms with E-state index in [-0.39, 0.29) is 23.0 Å². The van der Waals surface area contributed by atoms with E-state index in [4.69, 9.17) is 0 Å². The average molecular weight is 306 g/mol. The molecular formula is C16H18O4S. The van der Waals surface area contributed by atoms with Crippen LogP contribution < -0.4 is 0 Å². The van der Waals surface area contributed by atoms with Crippen molar-refractivity contribution in [3.8, 4) is 23.0 Å². The zero-order chi connectivity index (χ0) is 15.2. The third-order valence-electron chi connectivity index (χ3n) is 3.15. The number of phenolic OH excluding ortho intramolecular Hbond substituents is 4. The molecule has 0 fully saturated rings. The first-order valence-corrected chi connectivity index (χ1v) is 7.81. The van der Waals surface area contributed by atoms with Crippen LogP contribution in [0.4, 0.5) is 0 Å². The van der Waals surface area contributed by atoms with Crippen molar-refractivity contribution >= 4 is 11.8 Å². The van der Waals surface area contributed by atoms with E-state index in [1.807, 2.05) is 0 Å². The Morgan fingerprint density at radius 2 is 1.05 bits per heavy atom. The Morgan fingerprint density at radius 3 is 1.43 bits per heavy atom. The summed E-state index contributed by atoms with van der Waals surface area (Å²) in [6, 6.07) is 9.74. The molecule has 0 saturated heterocycles. The minimum atomic E-state index is -0.0986. The fourth-order valence-corrected chi connectivity index (χ4v) is 2.90. The van der Waals surface area contributed by atoms with Gasteiger partial charge in [0, 0.05) is 0 Å². The zero-order valence-electron chi connectivity index (χ0n) is 11.5. The first kappa shape index (κ1) is 15.4. The van der Waals surface area contributed by atoms with E-state index in [9.17, 15) is 20.4 Å². The molecule has 0 atom stereocenters. The molecule has 0 radical (unpaired) electrons. The second-order valence-corrected chi connectivity index (χ2v) is 5.98. The minimum absolute atomic E-state index is 0.0860. The molecule has 2 aromatic rings. The minimum Gasteiger partial charge on any atom is -0.504 e. The van der Waals surface area contributed by atoms with Crippen molar-refractivity contribution in [2.45, 2.75) is 12.8 Å². The Hall–Kier alpha value is -2.01. The topological polar surface area (TPSA) is 80.9 Å². The second-order valence-electron chi connectivity index (χ2n) is 4.76. The molecule has 0 spiro atoms. The summed E-state index contributed by atoms with van der Waals surface area (Å²) in [6.45, 7) is 0. The molecule has 2 rings (SSSR count). The third kappa shape index (κ3) is 4.49. The van der Waals surface area contributed by atoms with Gasteiger partial charge in [0.15, 0.2) is 23.0 Å². The molecule has 0 heterocycles. The van der Waals surface area contributed by atoms with E-state index >= 15 is 0 Å². The number of aromatic hydroxyl groups is 4. The third-order valence-corrected chi connectivity index (χ3v) is 4.14. The Kier molecular flexibility index (Phi) is 5.22. The van der Waals surface area contributed by atoms with Crippen LogP contribution >= 0.6 is 11.8 Å². The highest BCUT2D eigenvalue weighted by Crippen LogP contribution is 2.26. The number of hydrogen-bond acceptors (Lipinski definition) is 5. The smallest absolute Gasteiger partial charge is 0.157 e. The lowest BCUT2D eigenvalue weighted by atomic mass is 10.1. The summed E-state index contributed by atoms with van der Waals surface area (Å²) >= 11 is 1.77. The Bertz CT molecular complexity index is 560. The highest BCUT2D eigenvalue weighted by atomic mass is 32.2. The van der Waals surface area contributed by atoms with Gasteiger partial charge in [-0.25, -0.2) is 0 Å². The van der Waals surface area contributed by atoms with Gasteiger partial charge in [0.1, 0.15) is 0 Å². The molecule has 21 heavy (non-hydrogen) atoms. The van der Waals surface area contributed by atoms with Crippen molar-refractivity contribution in [1.82, 2.24) is 0 Å². The Morgan fingerprint density at radius 1 is 0.619 bits per heavy atom. The number of rotatable bonds is 6. The van der Waals surface area contributed by atoms with Crippen molar-refractivity contribution in [1.29, 1.82) is 0 Å². The number of benzene rings is 2. The van der Waals surface area contributed by atoms with E-state index in [0.29, 0.717) is 0 Å². The van der Waals surface area contributed by atoms with E-state index in [2.05, 4.69) is 0 Å². The van der Waals surface area contributed by atoms with Crippen LogP contribution in [0.5, 0.6) is 23.0 Å². The first-order valence-electron chi connectivity index (χ1n) is 6.65. The van der Waals surface area contributed by atoms with Crippen LogP contribution in [-0.2, 0) is 12.8 Å². The summed E-state index contributed by atoms with van der Waals surface area (Å²) in [4.78, 5) is 0. The maximum atomic E-state index is 9.40. The standard InChI is InChI=1S/C16H18O4S/c17-13-3-1-11(9-15(13)19)5-7-21-8-6-12-2-4-14(18)16(20)10-12/h1-4,9-10,17-20H,5-8H2. The number of hydrogen-bond donors (Lipinski definition) is 4. The van der Waals surface area contributed by atoms with Crippen molar-refractivity contribution in [2.75, 3.05) is 11.5 Å². The van der Waals surface area contributed by atoms with Crippen LogP contribution in [0.1, 0.15) is 11.1 Å². The van der Waals surface area contributed by atoms with Crippen LogP contribution in [0.3, 0.4) is 0 Å². The summed E-state index contributed by atoms with van der Waals surface area (Å²) in [5.41, 5.74) is 1.97. The molecule has 0 aliphatic rings. The normalized spacial score (nSPS) is 10.7. The van der Waals surface area contributed by atoms with Crippen molar-refractivity contribution in [3.05, 3.63) is 47.5 Å². The molecule has 5 heteroatoms. The Labute approximate surface area is 127 Å². The molecule has 0 saturated carbocycles. The van der Waals surface area contributed by atoms with Gasteiger partial charge in [-0.1, -0.05) is 12.1 Å². The highest BCUT2D eigenvalue weighted by molar-refractivity contribution is 7.99.